The largest absolute Gasteiger partial charge is 0.434 e. The number of benzene rings is 2. The maximum Gasteiger partial charge on any atom is 0.373 e. The zero-order chi connectivity index (χ0) is 19.6. The third-order valence-electron chi connectivity index (χ3n) is 4.04. The molecule has 0 saturated carbocycles. The molecule has 0 N–H and O–H groups in total. The van der Waals surface area contributed by atoms with Crippen LogP contribution in [0.5, 0.6) is 11.6 Å². The van der Waals surface area contributed by atoms with Crippen molar-refractivity contribution in [1.29, 1.82) is 0 Å². The average Bonchev–Trinajstić information content (AvgIpc) is 2.65. The molecule has 0 aliphatic carbocycles. The Balaban J connectivity index is 2.06. The van der Waals surface area contributed by atoms with Gasteiger partial charge in [0.15, 0.2) is 0 Å². The zero-order valence-corrected chi connectivity index (χ0v) is 15.8. The Morgan fingerprint density at radius 3 is 2.33 bits per heavy atom. The van der Waals surface area contributed by atoms with Gasteiger partial charge in [0.2, 0.25) is 5.82 Å². The molecule has 0 amide bonds. The predicted octanol–water partition coefficient (Wildman–Crippen LogP) is 5.22. The molecule has 0 unspecified atom stereocenters. The van der Waals surface area contributed by atoms with Crippen molar-refractivity contribution in [2.24, 2.45) is 0 Å². The highest BCUT2D eigenvalue weighted by atomic mass is 35.5. The number of hydrogen-bond donors (Lipinski definition) is 0. The summed E-state index contributed by atoms with van der Waals surface area (Å²) in [5.41, 5.74) is 2.06. The van der Waals surface area contributed by atoms with Crippen LogP contribution in [0.15, 0.2) is 48.8 Å². The standard InChI is InChI=1S/C19H17ClN4O3/c1-12-9-15(10-13(2)16(12)20)27-19-17(24(25)26)18(21-11-22-19)23(3)14-7-5-4-6-8-14/h4-11H,1-3H3. The molecule has 1 heterocycles. The molecule has 138 valence electrons. The number of aromatic nitrogens is 2. The molecule has 0 aliphatic heterocycles. The number of halogens is 1. The van der Waals surface area contributed by atoms with Crippen molar-refractivity contribution < 1.29 is 9.66 Å². The number of nitro groups is 1. The number of nitrogens with zero attached hydrogens (tertiary/aromatic N) is 4. The summed E-state index contributed by atoms with van der Waals surface area (Å²) in [6, 6.07) is 12.6. The molecule has 27 heavy (non-hydrogen) atoms. The van der Waals surface area contributed by atoms with Gasteiger partial charge in [-0.3, -0.25) is 10.1 Å². The van der Waals surface area contributed by atoms with Crippen LogP contribution in [0.25, 0.3) is 0 Å². The number of ether oxygens (including phenoxy) is 1. The molecule has 8 heteroatoms. The molecule has 0 atom stereocenters. The molecule has 0 radical (unpaired) electrons. The Bertz CT molecular complexity index is 972. The lowest BCUT2D eigenvalue weighted by atomic mass is 10.1. The molecule has 0 fully saturated rings. The Labute approximate surface area is 161 Å². The third-order valence-corrected chi connectivity index (χ3v) is 4.63. The van der Waals surface area contributed by atoms with Crippen LogP contribution in [0.3, 0.4) is 0 Å². The van der Waals surface area contributed by atoms with E-state index in [1.165, 1.54) is 6.33 Å². The van der Waals surface area contributed by atoms with Crippen LogP contribution in [0.1, 0.15) is 11.1 Å². The minimum Gasteiger partial charge on any atom is -0.434 e. The molecule has 2 aromatic carbocycles. The van der Waals surface area contributed by atoms with Crippen molar-refractivity contribution in [3.63, 3.8) is 0 Å². The van der Waals surface area contributed by atoms with E-state index in [0.29, 0.717) is 10.8 Å². The van der Waals surface area contributed by atoms with Gasteiger partial charge in [-0.25, -0.2) is 4.98 Å². The van der Waals surface area contributed by atoms with Gasteiger partial charge in [-0.05, 0) is 49.2 Å². The van der Waals surface area contributed by atoms with Crippen LogP contribution in [-0.2, 0) is 0 Å². The minimum absolute atomic E-state index is 0.131. The minimum atomic E-state index is -0.542. The first-order valence-electron chi connectivity index (χ1n) is 8.11. The third kappa shape index (κ3) is 3.83. The van der Waals surface area contributed by atoms with Crippen molar-refractivity contribution in [2.75, 3.05) is 11.9 Å². The number of hydrogen-bond acceptors (Lipinski definition) is 6. The van der Waals surface area contributed by atoms with E-state index in [2.05, 4.69) is 9.97 Å². The summed E-state index contributed by atoms with van der Waals surface area (Å²) in [5, 5.41) is 12.4. The molecule has 0 spiro atoms. The maximum atomic E-state index is 11.8. The summed E-state index contributed by atoms with van der Waals surface area (Å²) < 4.78 is 5.74. The van der Waals surface area contributed by atoms with Crippen LogP contribution >= 0.6 is 11.6 Å². The normalized spacial score (nSPS) is 10.5. The van der Waals surface area contributed by atoms with Crippen LogP contribution < -0.4 is 9.64 Å². The van der Waals surface area contributed by atoms with Gasteiger partial charge >= 0.3 is 11.6 Å². The first-order chi connectivity index (χ1) is 12.9. The molecule has 3 aromatic rings. The number of aryl methyl sites for hydroxylation is 2. The van der Waals surface area contributed by atoms with Gasteiger partial charge in [0.05, 0.1) is 4.92 Å². The van der Waals surface area contributed by atoms with E-state index in [-0.39, 0.29) is 17.4 Å². The summed E-state index contributed by atoms with van der Waals surface area (Å²) in [5.74, 6) is 0.428. The highest BCUT2D eigenvalue weighted by molar-refractivity contribution is 6.32. The zero-order valence-electron chi connectivity index (χ0n) is 15.0. The Morgan fingerprint density at radius 1 is 1.11 bits per heavy atom. The van der Waals surface area contributed by atoms with Gasteiger partial charge < -0.3 is 9.64 Å². The SMILES string of the molecule is Cc1cc(Oc2ncnc(N(C)c3ccccc3)c2[N+](=O)[O-])cc(C)c1Cl. The number of para-hydroxylation sites is 1. The lowest BCUT2D eigenvalue weighted by molar-refractivity contribution is -0.385. The predicted molar refractivity (Wildman–Crippen MR) is 104 cm³/mol. The van der Waals surface area contributed by atoms with E-state index < -0.39 is 4.92 Å². The Morgan fingerprint density at radius 2 is 1.74 bits per heavy atom. The molecular formula is C19H17ClN4O3. The topological polar surface area (TPSA) is 81.4 Å². The number of rotatable bonds is 5. The van der Waals surface area contributed by atoms with Crippen molar-refractivity contribution >= 4 is 28.8 Å². The fourth-order valence-electron chi connectivity index (χ4n) is 2.68. The van der Waals surface area contributed by atoms with Gasteiger partial charge in [-0.15, -0.1) is 0 Å². The summed E-state index contributed by atoms with van der Waals surface area (Å²) in [4.78, 5) is 20.9. The highest BCUT2D eigenvalue weighted by Gasteiger charge is 2.28. The summed E-state index contributed by atoms with van der Waals surface area (Å²) >= 11 is 6.17. The van der Waals surface area contributed by atoms with E-state index in [0.717, 1.165) is 16.8 Å². The van der Waals surface area contributed by atoms with E-state index >= 15 is 0 Å². The molecule has 0 saturated heterocycles. The fraction of sp³-hybridized carbons (Fsp3) is 0.158. The van der Waals surface area contributed by atoms with E-state index in [1.54, 1.807) is 24.1 Å². The second kappa shape index (κ2) is 7.59. The molecule has 0 aliphatic rings. The number of anilines is 2. The molecule has 0 bridgehead atoms. The summed E-state index contributed by atoms with van der Waals surface area (Å²) in [6.45, 7) is 3.68. The highest BCUT2D eigenvalue weighted by Crippen LogP contribution is 2.38. The lowest BCUT2D eigenvalue weighted by Crippen LogP contribution is -2.14. The quantitative estimate of drug-likeness (QED) is 0.443. The summed E-state index contributed by atoms with van der Waals surface area (Å²) in [7, 11) is 1.70. The smallest absolute Gasteiger partial charge is 0.373 e. The first-order valence-corrected chi connectivity index (χ1v) is 8.49. The maximum absolute atomic E-state index is 11.8. The van der Waals surface area contributed by atoms with Crippen molar-refractivity contribution in [3.8, 4) is 11.6 Å². The molecule has 3 rings (SSSR count). The second-order valence-electron chi connectivity index (χ2n) is 5.98. The molecule has 1 aromatic heterocycles. The van der Waals surface area contributed by atoms with Crippen LogP contribution in [0.2, 0.25) is 5.02 Å². The van der Waals surface area contributed by atoms with Crippen molar-refractivity contribution in [1.82, 2.24) is 9.97 Å². The van der Waals surface area contributed by atoms with Crippen LogP contribution in [0, 0.1) is 24.0 Å². The van der Waals surface area contributed by atoms with Crippen LogP contribution in [-0.4, -0.2) is 21.9 Å². The van der Waals surface area contributed by atoms with Gasteiger partial charge in [-0.2, -0.15) is 4.98 Å². The Kier molecular flexibility index (Phi) is 5.23. The first kappa shape index (κ1) is 18.6. The molecule has 7 nitrogen and oxygen atoms in total. The van der Waals surface area contributed by atoms with E-state index in [9.17, 15) is 10.1 Å². The van der Waals surface area contributed by atoms with E-state index in [4.69, 9.17) is 16.3 Å². The van der Waals surface area contributed by atoms with Gasteiger partial charge in [0.1, 0.15) is 12.1 Å². The van der Waals surface area contributed by atoms with E-state index in [1.807, 2.05) is 44.2 Å². The average molecular weight is 385 g/mol. The lowest BCUT2D eigenvalue weighted by Gasteiger charge is -2.18. The molecular weight excluding hydrogens is 368 g/mol. The summed E-state index contributed by atoms with van der Waals surface area (Å²) in [6.07, 6.45) is 1.24. The van der Waals surface area contributed by atoms with Gasteiger partial charge in [0.25, 0.3) is 0 Å². The fourth-order valence-corrected chi connectivity index (χ4v) is 2.79. The monoisotopic (exact) mass is 384 g/mol. The van der Waals surface area contributed by atoms with Gasteiger partial charge in [0, 0.05) is 17.8 Å². The second-order valence-corrected chi connectivity index (χ2v) is 6.35. The Hall–Kier alpha value is -3.19. The van der Waals surface area contributed by atoms with Crippen LogP contribution in [0.4, 0.5) is 17.2 Å². The van der Waals surface area contributed by atoms with Crippen molar-refractivity contribution in [3.05, 3.63) is 75.1 Å². The van der Waals surface area contributed by atoms with Crippen molar-refractivity contribution in [2.45, 2.75) is 13.8 Å². The van der Waals surface area contributed by atoms with Gasteiger partial charge in [-0.1, -0.05) is 29.8 Å².